The van der Waals surface area contributed by atoms with Crippen molar-refractivity contribution in [3.05, 3.63) is 28.8 Å². The molecule has 0 aliphatic rings. The Balaban J connectivity index is 2.32. The largest absolute Gasteiger partial charge is 0.507 e. The number of aryl methyl sites for hydroxylation is 2. The van der Waals surface area contributed by atoms with E-state index in [0.29, 0.717) is 11.7 Å². The summed E-state index contributed by atoms with van der Waals surface area (Å²) in [5.74, 6) is 0.792. The number of phenols is 1. The first-order chi connectivity index (χ1) is 8.54. The van der Waals surface area contributed by atoms with Crippen LogP contribution in [0.25, 0.3) is 0 Å². The van der Waals surface area contributed by atoms with E-state index >= 15 is 0 Å². The van der Waals surface area contributed by atoms with E-state index in [4.69, 9.17) is 5.11 Å². The first-order valence-corrected chi connectivity index (χ1v) is 6.65. The van der Waals surface area contributed by atoms with Crippen LogP contribution in [0.5, 0.6) is 5.75 Å². The summed E-state index contributed by atoms with van der Waals surface area (Å²) in [5.41, 5.74) is 3.07. The van der Waals surface area contributed by atoms with Crippen LogP contribution in [0, 0.1) is 19.8 Å². The third-order valence-electron chi connectivity index (χ3n) is 3.24. The molecule has 0 radical (unpaired) electrons. The van der Waals surface area contributed by atoms with Crippen molar-refractivity contribution in [3.8, 4) is 5.75 Å². The Labute approximate surface area is 110 Å². The molecule has 1 aromatic carbocycles. The lowest BCUT2D eigenvalue weighted by atomic mass is 10.1. The summed E-state index contributed by atoms with van der Waals surface area (Å²) in [7, 11) is 0. The van der Waals surface area contributed by atoms with Gasteiger partial charge in [-0.05, 0) is 55.8 Å². The zero-order chi connectivity index (χ0) is 13.5. The highest BCUT2D eigenvalue weighted by atomic mass is 16.3. The second-order valence-electron chi connectivity index (χ2n) is 5.18. The summed E-state index contributed by atoms with van der Waals surface area (Å²) in [4.78, 5) is 0. The van der Waals surface area contributed by atoms with E-state index in [2.05, 4.69) is 12.2 Å². The minimum absolute atomic E-state index is 0.274. The molecule has 1 atom stereocenters. The minimum atomic E-state index is 0.274. The Morgan fingerprint density at radius 2 is 1.83 bits per heavy atom. The van der Waals surface area contributed by atoms with E-state index in [-0.39, 0.29) is 6.61 Å². The van der Waals surface area contributed by atoms with Gasteiger partial charge in [-0.3, -0.25) is 0 Å². The molecule has 0 saturated carbocycles. The highest BCUT2D eigenvalue weighted by Gasteiger charge is 2.03. The van der Waals surface area contributed by atoms with Gasteiger partial charge in [-0.15, -0.1) is 0 Å². The molecule has 18 heavy (non-hydrogen) atoms. The van der Waals surface area contributed by atoms with Crippen molar-refractivity contribution in [1.82, 2.24) is 5.32 Å². The molecule has 0 spiro atoms. The topological polar surface area (TPSA) is 52.5 Å². The molecule has 3 N–H and O–H groups in total. The van der Waals surface area contributed by atoms with E-state index in [1.54, 1.807) is 0 Å². The molecule has 0 amide bonds. The van der Waals surface area contributed by atoms with Crippen molar-refractivity contribution >= 4 is 0 Å². The first kappa shape index (κ1) is 15.0. The van der Waals surface area contributed by atoms with Crippen molar-refractivity contribution in [1.29, 1.82) is 0 Å². The van der Waals surface area contributed by atoms with Crippen LogP contribution in [0.3, 0.4) is 0 Å². The second kappa shape index (κ2) is 7.39. The normalized spacial score (nSPS) is 12.7. The zero-order valence-electron chi connectivity index (χ0n) is 11.7. The average molecular weight is 251 g/mol. The van der Waals surface area contributed by atoms with Crippen LogP contribution in [-0.4, -0.2) is 23.4 Å². The molecule has 102 valence electrons. The number of rotatable bonds is 7. The van der Waals surface area contributed by atoms with Gasteiger partial charge in [-0.2, -0.15) is 0 Å². The van der Waals surface area contributed by atoms with Gasteiger partial charge in [-0.25, -0.2) is 0 Å². The van der Waals surface area contributed by atoms with Crippen molar-refractivity contribution in [2.24, 2.45) is 5.92 Å². The summed E-state index contributed by atoms with van der Waals surface area (Å²) in [6.45, 7) is 7.98. The van der Waals surface area contributed by atoms with Gasteiger partial charge in [0.25, 0.3) is 0 Å². The molecule has 0 fully saturated rings. The Hall–Kier alpha value is -1.06. The van der Waals surface area contributed by atoms with Gasteiger partial charge in [0.2, 0.25) is 0 Å². The fourth-order valence-corrected chi connectivity index (χ4v) is 2.05. The Morgan fingerprint density at radius 3 is 2.39 bits per heavy atom. The van der Waals surface area contributed by atoms with Crippen LogP contribution in [0.1, 0.15) is 36.5 Å². The third-order valence-corrected chi connectivity index (χ3v) is 3.24. The van der Waals surface area contributed by atoms with Crippen LogP contribution >= 0.6 is 0 Å². The monoisotopic (exact) mass is 251 g/mol. The minimum Gasteiger partial charge on any atom is -0.507 e. The van der Waals surface area contributed by atoms with E-state index in [9.17, 15) is 5.11 Å². The van der Waals surface area contributed by atoms with Crippen molar-refractivity contribution in [2.75, 3.05) is 13.2 Å². The number of aliphatic hydroxyl groups is 1. The first-order valence-electron chi connectivity index (χ1n) is 6.65. The van der Waals surface area contributed by atoms with Crippen molar-refractivity contribution < 1.29 is 10.2 Å². The van der Waals surface area contributed by atoms with E-state index in [0.717, 1.165) is 37.1 Å². The second-order valence-corrected chi connectivity index (χ2v) is 5.18. The molecular formula is C15H25NO2. The smallest absolute Gasteiger partial charge is 0.121 e. The fourth-order valence-electron chi connectivity index (χ4n) is 2.05. The van der Waals surface area contributed by atoms with Gasteiger partial charge in [0.15, 0.2) is 0 Å². The maximum Gasteiger partial charge on any atom is 0.121 e. The fraction of sp³-hybridized carbons (Fsp3) is 0.600. The van der Waals surface area contributed by atoms with Crippen LogP contribution in [0.2, 0.25) is 0 Å². The Kier molecular flexibility index (Phi) is 6.16. The molecule has 1 aromatic rings. The maximum atomic E-state index is 9.68. The molecule has 0 bridgehead atoms. The highest BCUT2D eigenvalue weighted by Crippen LogP contribution is 2.22. The molecule has 3 nitrogen and oxygen atoms in total. The number of aromatic hydroxyl groups is 1. The third kappa shape index (κ3) is 4.67. The van der Waals surface area contributed by atoms with Crippen LogP contribution < -0.4 is 5.32 Å². The van der Waals surface area contributed by atoms with Crippen LogP contribution in [-0.2, 0) is 6.54 Å². The standard InChI is InChI=1S/C15H25NO2/c1-11(10-17)5-4-6-16-9-14-7-12(2)15(18)13(3)8-14/h7-8,11,16-18H,4-6,9-10H2,1-3H3. The summed E-state index contributed by atoms with van der Waals surface area (Å²) < 4.78 is 0. The molecule has 1 unspecified atom stereocenters. The van der Waals surface area contributed by atoms with Gasteiger partial charge in [0.05, 0.1) is 0 Å². The predicted molar refractivity (Wildman–Crippen MR) is 74.8 cm³/mol. The van der Waals surface area contributed by atoms with Crippen LogP contribution in [0.4, 0.5) is 0 Å². The average Bonchev–Trinajstić information content (AvgIpc) is 2.35. The highest BCUT2D eigenvalue weighted by molar-refractivity contribution is 5.42. The predicted octanol–water partition coefficient (Wildman–Crippen LogP) is 2.51. The van der Waals surface area contributed by atoms with Crippen molar-refractivity contribution in [3.63, 3.8) is 0 Å². The number of aliphatic hydroxyl groups excluding tert-OH is 1. The maximum absolute atomic E-state index is 9.68. The molecular weight excluding hydrogens is 226 g/mol. The molecule has 0 heterocycles. The summed E-state index contributed by atoms with van der Waals surface area (Å²) >= 11 is 0. The molecule has 3 heteroatoms. The summed E-state index contributed by atoms with van der Waals surface area (Å²) in [5, 5.41) is 22.0. The summed E-state index contributed by atoms with van der Waals surface area (Å²) in [6.07, 6.45) is 2.13. The lowest BCUT2D eigenvalue weighted by Crippen LogP contribution is -2.16. The molecule has 0 aliphatic heterocycles. The number of hydrogen-bond donors (Lipinski definition) is 3. The Morgan fingerprint density at radius 1 is 1.22 bits per heavy atom. The number of benzene rings is 1. The van der Waals surface area contributed by atoms with Gasteiger partial charge in [0, 0.05) is 13.2 Å². The van der Waals surface area contributed by atoms with E-state index in [1.165, 1.54) is 5.56 Å². The molecule has 1 rings (SSSR count). The summed E-state index contributed by atoms with van der Waals surface area (Å²) in [6, 6.07) is 4.04. The number of phenolic OH excluding ortho intramolecular Hbond substituents is 1. The van der Waals surface area contributed by atoms with Gasteiger partial charge in [0.1, 0.15) is 5.75 Å². The lowest BCUT2D eigenvalue weighted by Gasteiger charge is -2.10. The van der Waals surface area contributed by atoms with E-state index < -0.39 is 0 Å². The van der Waals surface area contributed by atoms with Gasteiger partial charge in [-0.1, -0.05) is 19.1 Å². The SMILES string of the molecule is Cc1cc(CNCCCC(C)CO)cc(C)c1O. The Bertz CT molecular complexity index is 354. The molecule has 0 aromatic heterocycles. The van der Waals surface area contributed by atoms with Gasteiger partial charge < -0.3 is 15.5 Å². The van der Waals surface area contributed by atoms with Crippen LogP contribution in [0.15, 0.2) is 12.1 Å². The number of hydrogen-bond acceptors (Lipinski definition) is 3. The lowest BCUT2D eigenvalue weighted by molar-refractivity contribution is 0.228. The molecule has 0 saturated heterocycles. The van der Waals surface area contributed by atoms with Gasteiger partial charge >= 0.3 is 0 Å². The molecule has 0 aliphatic carbocycles. The quantitative estimate of drug-likeness (QED) is 0.653. The van der Waals surface area contributed by atoms with Crippen molar-refractivity contribution in [2.45, 2.75) is 40.2 Å². The zero-order valence-corrected chi connectivity index (χ0v) is 11.7. The van der Waals surface area contributed by atoms with E-state index in [1.807, 2.05) is 26.0 Å². The number of nitrogens with one attached hydrogen (secondary N) is 1.